The van der Waals surface area contributed by atoms with Crippen molar-refractivity contribution in [3.8, 4) is 11.1 Å². The van der Waals surface area contributed by atoms with Crippen molar-refractivity contribution in [2.24, 2.45) is 5.92 Å². The van der Waals surface area contributed by atoms with E-state index in [2.05, 4.69) is 6.92 Å². The molecule has 0 unspecified atom stereocenters. The van der Waals surface area contributed by atoms with Gasteiger partial charge in [0.1, 0.15) is 11.7 Å². The summed E-state index contributed by atoms with van der Waals surface area (Å²) in [4.78, 5) is 68.1. The Kier molecular flexibility index (Phi) is 13.5. The molecule has 2 fully saturated rings. The van der Waals surface area contributed by atoms with Gasteiger partial charge in [0.25, 0.3) is 0 Å². The van der Waals surface area contributed by atoms with Crippen LogP contribution in [0.5, 0.6) is 0 Å². The quantitative estimate of drug-likeness (QED) is 0.0631. The molecule has 8 atom stereocenters. The molecule has 0 aromatic heterocycles. The Balaban J connectivity index is 1.66. The van der Waals surface area contributed by atoms with Crippen molar-refractivity contribution >= 4 is 29.8 Å². The Morgan fingerprint density at radius 2 is 1.47 bits per heavy atom. The van der Waals surface area contributed by atoms with Crippen molar-refractivity contribution in [3.63, 3.8) is 0 Å². The molecule has 5 rings (SSSR count). The number of carbonyl (C=O) groups excluding carboxylic acids is 5. The molecule has 12 heteroatoms. The lowest BCUT2D eigenvalue weighted by atomic mass is 9.75. The molecule has 0 bridgehead atoms. The number of aliphatic hydroxyl groups is 2. The topological polar surface area (TPSA) is 172 Å². The number of hydrogen-bond donors (Lipinski definition) is 2. The van der Waals surface area contributed by atoms with E-state index in [9.17, 15) is 34.2 Å². The van der Waals surface area contributed by atoms with E-state index in [1.54, 1.807) is 65.0 Å². The monoisotopic (exact) mass is 788 g/mol. The summed E-state index contributed by atoms with van der Waals surface area (Å²) in [6.45, 7) is 11.3. The number of rotatable bonds is 15. The van der Waals surface area contributed by atoms with Gasteiger partial charge >= 0.3 is 29.8 Å². The molecule has 1 saturated carbocycles. The van der Waals surface area contributed by atoms with Gasteiger partial charge in [0.2, 0.25) is 0 Å². The van der Waals surface area contributed by atoms with Crippen LogP contribution >= 0.6 is 0 Å². The van der Waals surface area contributed by atoms with Crippen LogP contribution in [0.15, 0.2) is 77.4 Å². The molecule has 1 aliphatic heterocycles. The standard InChI is InChI=1S/C45H56O12/c1-8-11-12-13-17-21-34(47)54-38-36-35(28(5)37(38)55-40(48)27(4)10-3)39-45(52,44(7,51)42(50)56-39)32(53-33(46)18-9-2)26-43(36,6)57-41(49)31-24-22-30(23-25-31)29-19-15-14-16-20-29/h10,14-16,19-20,22-25,32,36-39,51-52H,8-9,11-13,17-18,21,26H2,1-7H3/b27-10-/t32-,36+,37-,38-,39-,43-,44+,45+/m0/s1. The molecule has 0 radical (unpaired) electrons. The van der Waals surface area contributed by atoms with E-state index in [4.69, 9.17) is 23.7 Å². The van der Waals surface area contributed by atoms with Crippen molar-refractivity contribution in [1.82, 2.24) is 0 Å². The Hall–Kier alpha value is -4.81. The van der Waals surface area contributed by atoms with Crippen LogP contribution < -0.4 is 0 Å². The van der Waals surface area contributed by atoms with E-state index in [0.29, 0.717) is 12.8 Å². The van der Waals surface area contributed by atoms with Crippen LogP contribution in [0.4, 0.5) is 0 Å². The number of unbranched alkanes of at least 4 members (excludes halogenated alkanes) is 4. The number of allylic oxidation sites excluding steroid dienone is 1. The average molecular weight is 789 g/mol. The molecule has 2 aliphatic carbocycles. The zero-order valence-corrected chi connectivity index (χ0v) is 34.0. The molecule has 1 heterocycles. The highest BCUT2D eigenvalue weighted by Gasteiger charge is 2.76. The minimum Gasteiger partial charge on any atom is -0.459 e. The highest BCUT2D eigenvalue weighted by Crippen LogP contribution is 2.57. The fourth-order valence-electron chi connectivity index (χ4n) is 8.27. The minimum atomic E-state index is -2.63. The van der Waals surface area contributed by atoms with Gasteiger partial charge < -0.3 is 33.9 Å². The average Bonchev–Trinajstić information content (AvgIpc) is 3.52. The molecule has 0 amide bonds. The zero-order chi connectivity index (χ0) is 41.7. The zero-order valence-electron chi connectivity index (χ0n) is 34.0. The molecule has 57 heavy (non-hydrogen) atoms. The molecule has 12 nitrogen and oxygen atoms in total. The van der Waals surface area contributed by atoms with Crippen LogP contribution in [-0.4, -0.2) is 81.3 Å². The fraction of sp³-hybridized carbons (Fsp3) is 0.533. The summed E-state index contributed by atoms with van der Waals surface area (Å²) in [5, 5.41) is 24.5. The van der Waals surface area contributed by atoms with Crippen molar-refractivity contribution in [1.29, 1.82) is 0 Å². The van der Waals surface area contributed by atoms with Crippen LogP contribution in [0.1, 0.15) is 117 Å². The molecular formula is C45H56O12. The Labute approximate surface area is 334 Å². The van der Waals surface area contributed by atoms with Gasteiger partial charge in [0.15, 0.2) is 29.5 Å². The van der Waals surface area contributed by atoms with Gasteiger partial charge in [-0.3, -0.25) is 9.59 Å². The summed E-state index contributed by atoms with van der Waals surface area (Å²) >= 11 is 0. The molecule has 0 spiro atoms. The van der Waals surface area contributed by atoms with Gasteiger partial charge in [0, 0.05) is 24.8 Å². The van der Waals surface area contributed by atoms with Gasteiger partial charge in [-0.05, 0) is 81.9 Å². The third kappa shape index (κ3) is 8.57. The number of carbonyl (C=O) groups is 5. The molecule has 2 N–H and O–H groups in total. The SMILES string of the molecule is C/C=C(/C)C(=O)O[C@H]1C(C)=C2[C@H]([C@@H]1OC(=O)CCCCCCC)[C@@](C)(OC(=O)c1ccc(-c3ccccc3)cc1)C[C@H](OC(=O)CCC)[C@@]1(O)[C@H]2OC(=O)[C@@]1(C)O. The van der Waals surface area contributed by atoms with E-state index < -0.39 is 83.4 Å². The van der Waals surface area contributed by atoms with E-state index in [-0.39, 0.29) is 35.1 Å². The Bertz CT molecular complexity index is 1880. The first kappa shape index (κ1) is 43.3. The first-order chi connectivity index (χ1) is 27.0. The highest BCUT2D eigenvalue weighted by atomic mass is 16.6. The van der Waals surface area contributed by atoms with Crippen LogP contribution in [0.3, 0.4) is 0 Å². The maximum Gasteiger partial charge on any atom is 0.341 e. The summed E-state index contributed by atoms with van der Waals surface area (Å²) in [6.07, 6.45) is -0.211. The third-order valence-corrected chi connectivity index (χ3v) is 11.7. The minimum absolute atomic E-state index is 0.0501. The van der Waals surface area contributed by atoms with Crippen molar-refractivity contribution in [2.75, 3.05) is 0 Å². The lowest BCUT2D eigenvalue weighted by molar-refractivity contribution is -0.209. The van der Waals surface area contributed by atoms with Crippen LogP contribution in [0.25, 0.3) is 11.1 Å². The van der Waals surface area contributed by atoms with E-state index in [0.717, 1.165) is 43.7 Å². The summed E-state index contributed by atoms with van der Waals surface area (Å²) in [7, 11) is 0. The second-order valence-electron chi connectivity index (χ2n) is 15.8. The van der Waals surface area contributed by atoms with Crippen molar-refractivity contribution < 1.29 is 57.9 Å². The van der Waals surface area contributed by atoms with E-state index in [1.165, 1.54) is 0 Å². The van der Waals surface area contributed by atoms with Crippen LogP contribution in [0, 0.1) is 5.92 Å². The number of ether oxygens (including phenoxy) is 5. The molecular weight excluding hydrogens is 732 g/mol. The van der Waals surface area contributed by atoms with E-state index >= 15 is 0 Å². The lowest BCUT2D eigenvalue weighted by Crippen LogP contribution is -2.64. The predicted molar refractivity (Wildman–Crippen MR) is 209 cm³/mol. The van der Waals surface area contributed by atoms with Gasteiger partial charge in [-0.1, -0.05) is 88.1 Å². The summed E-state index contributed by atoms with van der Waals surface area (Å²) in [5.74, 6) is -5.25. The Morgan fingerprint density at radius 1 is 0.842 bits per heavy atom. The highest BCUT2D eigenvalue weighted by molar-refractivity contribution is 5.91. The molecule has 2 aromatic rings. The molecule has 1 saturated heterocycles. The van der Waals surface area contributed by atoms with Crippen LogP contribution in [0.2, 0.25) is 0 Å². The number of hydrogen-bond acceptors (Lipinski definition) is 12. The van der Waals surface area contributed by atoms with E-state index in [1.807, 2.05) is 30.3 Å². The second-order valence-corrected chi connectivity index (χ2v) is 15.8. The lowest BCUT2D eigenvalue weighted by Gasteiger charge is -2.42. The van der Waals surface area contributed by atoms with Crippen molar-refractivity contribution in [3.05, 3.63) is 83.0 Å². The molecule has 308 valence electrons. The maximum absolute atomic E-state index is 14.3. The largest absolute Gasteiger partial charge is 0.459 e. The van der Waals surface area contributed by atoms with Crippen LogP contribution in [-0.2, 0) is 42.9 Å². The van der Waals surface area contributed by atoms with Gasteiger partial charge in [0.05, 0.1) is 11.5 Å². The predicted octanol–water partition coefficient (Wildman–Crippen LogP) is 6.89. The first-order valence-electron chi connectivity index (χ1n) is 20.0. The van der Waals surface area contributed by atoms with Gasteiger partial charge in [-0.2, -0.15) is 0 Å². The third-order valence-electron chi connectivity index (χ3n) is 11.7. The molecule has 2 aromatic carbocycles. The first-order valence-corrected chi connectivity index (χ1v) is 20.0. The second kappa shape index (κ2) is 17.8. The summed E-state index contributed by atoms with van der Waals surface area (Å²) in [5.41, 5.74) is -4.47. The smallest absolute Gasteiger partial charge is 0.341 e. The molecule has 3 aliphatic rings. The number of benzene rings is 2. The van der Waals surface area contributed by atoms with Gasteiger partial charge in [-0.15, -0.1) is 0 Å². The normalized spacial score (nSPS) is 29.5. The number of fused-ring (bicyclic) bond motifs is 3. The Morgan fingerprint density at radius 3 is 2.11 bits per heavy atom. The maximum atomic E-state index is 14.3. The fourth-order valence-corrected chi connectivity index (χ4v) is 8.27. The number of esters is 5. The summed E-state index contributed by atoms with van der Waals surface area (Å²) < 4.78 is 30.5. The van der Waals surface area contributed by atoms with Crippen molar-refractivity contribution in [2.45, 2.75) is 147 Å². The summed E-state index contributed by atoms with van der Waals surface area (Å²) in [6, 6.07) is 16.3. The van der Waals surface area contributed by atoms with Gasteiger partial charge in [-0.25, -0.2) is 14.4 Å².